The first-order valence-electron chi connectivity index (χ1n) is 10.9. The van der Waals surface area contributed by atoms with E-state index in [0.717, 1.165) is 17.7 Å². The van der Waals surface area contributed by atoms with Gasteiger partial charge >= 0.3 is 0 Å². The lowest BCUT2D eigenvalue weighted by atomic mass is 9.94. The summed E-state index contributed by atoms with van der Waals surface area (Å²) in [5, 5.41) is 11.0. The number of likely N-dealkylation sites (tertiary alicyclic amines) is 1. The number of rotatable bonds is 7. The number of aliphatic hydroxyl groups is 1. The standard InChI is InChI=1S/C27H23F2NO5/c1-34-21-12-7-16(15-22(21)35-2)13-14-30-24(19-5-3-4-6-20(19)29)23(26(32)27(30)33)25(31)17-8-10-18(28)11-9-17/h3-12,15,24,31H,13-14H2,1-2H3/b25-23-. The number of carbonyl (C=O) groups excluding carboxylic acids is 2. The number of aliphatic hydroxyl groups excluding tert-OH is 1. The maximum atomic E-state index is 14.9. The fraction of sp³-hybridized carbons (Fsp3) is 0.185. The molecule has 1 saturated heterocycles. The topological polar surface area (TPSA) is 76.1 Å². The van der Waals surface area contributed by atoms with Crippen molar-refractivity contribution in [2.24, 2.45) is 0 Å². The smallest absolute Gasteiger partial charge is 0.295 e. The van der Waals surface area contributed by atoms with Gasteiger partial charge in [-0.2, -0.15) is 0 Å². The lowest BCUT2D eigenvalue weighted by Crippen LogP contribution is -2.32. The molecular formula is C27H23F2NO5. The number of amides is 1. The van der Waals surface area contributed by atoms with Crippen molar-refractivity contribution in [3.63, 3.8) is 0 Å². The molecule has 1 heterocycles. The fourth-order valence-electron chi connectivity index (χ4n) is 4.18. The molecule has 8 heteroatoms. The Kier molecular flexibility index (Phi) is 6.82. The third kappa shape index (κ3) is 4.59. The minimum atomic E-state index is -1.15. The summed E-state index contributed by atoms with van der Waals surface area (Å²) in [6.45, 7) is 0.0687. The molecule has 3 aromatic carbocycles. The van der Waals surface area contributed by atoms with Gasteiger partial charge in [0, 0.05) is 17.7 Å². The number of hydrogen-bond acceptors (Lipinski definition) is 5. The number of halogens is 2. The molecular weight excluding hydrogens is 456 g/mol. The summed E-state index contributed by atoms with van der Waals surface area (Å²) in [5.41, 5.74) is 0.766. The van der Waals surface area contributed by atoms with E-state index >= 15 is 0 Å². The highest BCUT2D eigenvalue weighted by Crippen LogP contribution is 2.40. The van der Waals surface area contributed by atoms with Gasteiger partial charge in [-0.1, -0.05) is 24.3 Å². The summed E-state index contributed by atoms with van der Waals surface area (Å²) in [7, 11) is 3.03. The van der Waals surface area contributed by atoms with E-state index in [1.54, 1.807) is 24.3 Å². The second-order valence-electron chi connectivity index (χ2n) is 7.96. The van der Waals surface area contributed by atoms with Crippen LogP contribution in [0.5, 0.6) is 11.5 Å². The molecule has 1 atom stereocenters. The Bertz CT molecular complexity index is 1300. The van der Waals surface area contributed by atoms with Crippen LogP contribution in [-0.2, 0) is 16.0 Å². The lowest BCUT2D eigenvalue weighted by molar-refractivity contribution is -0.139. The van der Waals surface area contributed by atoms with Gasteiger partial charge in [-0.05, 0) is 54.4 Å². The van der Waals surface area contributed by atoms with E-state index in [-0.39, 0.29) is 23.2 Å². The number of methoxy groups -OCH3 is 2. The third-order valence-corrected chi connectivity index (χ3v) is 5.95. The number of Topliss-reactive ketones (excluding diaryl/α,β-unsaturated/α-hetero) is 1. The summed E-state index contributed by atoms with van der Waals surface area (Å²) in [5.74, 6) is -2.39. The Morgan fingerprint density at radius 1 is 0.943 bits per heavy atom. The van der Waals surface area contributed by atoms with E-state index in [1.165, 1.54) is 49.5 Å². The molecule has 1 fully saturated rings. The van der Waals surface area contributed by atoms with Crippen molar-refractivity contribution >= 4 is 17.4 Å². The van der Waals surface area contributed by atoms with Crippen LogP contribution in [0.3, 0.4) is 0 Å². The molecule has 4 rings (SSSR count). The SMILES string of the molecule is COc1ccc(CCN2C(=O)C(=O)/C(=C(\O)c3ccc(F)cc3)C2c2ccccc2F)cc1OC. The summed E-state index contributed by atoms with van der Waals surface area (Å²) in [4.78, 5) is 27.3. The van der Waals surface area contributed by atoms with Crippen LogP contribution in [0.2, 0.25) is 0 Å². The highest BCUT2D eigenvalue weighted by atomic mass is 19.1. The highest BCUT2D eigenvalue weighted by molar-refractivity contribution is 6.46. The Hall–Kier alpha value is -4.20. The Morgan fingerprint density at radius 3 is 2.29 bits per heavy atom. The fourth-order valence-corrected chi connectivity index (χ4v) is 4.18. The predicted octanol–water partition coefficient (Wildman–Crippen LogP) is 4.65. The van der Waals surface area contributed by atoms with E-state index in [9.17, 15) is 23.5 Å². The zero-order valence-electron chi connectivity index (χ0n) is 19.1. The quantitative estimate of drug-likeness (QED) is 0.303. The number of carbonyl (C=O) groups is 2. The van der Waals surface area contributed by atoms with Crippen molar-refractivity contribution in [1.82, 2.24) is 4.90 Å². The van der Waals surface area contributed by atoms with E-state index in [1.807, 2.05) is 0 Å². The van der Waals surface area contributed by atoms with Crippen LogP contribution in [0.25, 0.3) is 5.76 Å². The second-order valence-corrected chi connectivity index (χ2v) is 7.96. The van der Waals surface area contributed by atoms with Crippen molar-refractivity contribution in [2.75, 3.05) is 20.8 Å². The van der Waals surface area contributed by atoms with Gasteiger partial charge in [-0.15, -0.1) is 0 Å². The molecule has 1 aliphatic rings. The molecule has 35 heavy (non-hydrogen) atoms. The van der Waals surface area contributed by atoms with E-state index in [0.29, 0.717) is 17.9 Å². The van der Waals surface area contributed by atoms with Crippen LogP contribution in [0, 0.1) is 11.6 Å². The molecule has 1 aliphatic heterocycles. The second kappa shape index (κ2) is 9.97. The molecule has 3 aromatic rings. The summed E-state index contributed by atoms with van der Waals surface area (Å²) < 4.78 is 38.8. The van der Waals surface area contributed by atoms with Crippen LogP contribution >= 0.6 is 0 Å². The largest absolute Gasteiger partial charge is 0.507 e. The number of ketones is 1. The molecule has 0 aliphatic carbocycles. The zero-order chi connectivity index (χ0) is 25.1. The van der Waals surface area contributed by atoms with Crippen molar-refractivity contribution < 1.29 is 33.0 Å². The van der Waals surface area contributed by atoms with Gasteiger partial charge in [0.15, 0.2) is 11.5 Å². The molecule has 0 saturated carbocycles. The average Bonchev–Trinajstić information content (AvgIpc) is 3.12. The van der Waals surface area contributed by atoms with Crippen molar-refractivity contribution in [1.29, 1.82) is 0 Å². The van der Waals surface area contributed by atoms with E-state index in [2.05, 4.69) is 0 Å². The highest BCUT2D eigenvalue weighted by Gasteiger charge is 2.46. The molecule has 0 radical (unpaired) electrons. The van der Waals surface area contributed by atoms with Crippen LogP contribution in [0.1, 0.15) is 22.7 Å². The molecule has 6 nitrogen and oxygen atoms in total. The summed E-state index contributed by atoms with van der Waals surface area (Å²) in [6.07, 6.45) is 0.328. The monoisotopic (exact) mass is 479 g/mol. The summed E-state index contributed by atoms with van der Waals surface area (Å²) in [6, 6.07) is 14.7. The van der Waals surface area contributed by atoms with Crippen molar-refractivity contribution in [3.05, 3.63) is 101 Å². The van der Waals surface area contributed by atoms with Crippen molar-refractivity contribution in [3.8, 4) is 11.5 Å². The first-order chi connectivity index (χ1) is 16.8. The maximum Gasteiger partial charge on any atom is 0.295 e. The molecule has 1 amide bonds. The first-order valence-corrected chi connectivity index (χ1v) is 10.9. The minimum Gasteiger partial charge on any atom is -0.507 e. The molecule has 1 unspecified atom stereocenters. The lowest BCUT2D eigenvalue weighted by Gasteiger charge is -2.25. The van der Waals surface area contributed by atoms with Gasteiger partial charge in [-0.3, -0.25) is 9.59 Å². The van der Waals surface area contributed by atoms with E-state index in [4.69, 9.17) is 9.47 Å². The van der Waals surface area contributed by atoms with Gasteiger partial charge in [-0.25, -0.2) is 8.78 Å². The predicted molar refractivity (Wildman–Crippen MR) is 125 cm³/mol. The third-order valence-electron chi connectivity index (χ3n) is 5.95. The van der Waals surface area contributed by atoms with Gasteiger partial charge in [0.05, 0.1) is 25.8 Å². The summed E-state index contributed by atoms with van der Waals surface area (Å²) >= 11 is 0. The molecule has 0 spiro atoms. The number of benzene rings is 3. The van der Waals surface area contributed by atoms with Gasteiger partial charge in [0.25, 0.3) is 11.7 Å². The maximum absolute atomic E-state index is 14.9. The van der Waals surface area contributed by atoms with Gasteiger partial charge in [0.1, 0.15) is 17.4 Å². The molecule has 0 bridgehead atoms. The minimum absolute atomic E-state index is 0.0687. The van der Waals surface area contributed by atoms with Crippen LogP contribution < -0.4 is 9.47 Å². The van der Waals surface area contributed by atoms with Gasteiger partial charge < -0.3 is 19.5 Å². The number of hydrogen-bond donors (Lipinski definition) is 1. The molecule has 0 aromatic heterocycles. The van der Waals surface area contributed by atoms with Crippen molar-refractivity contribution in [2.45, 2.75) is 12.5 Å². The Labute approximate surface area is 201 Å². The first kappa shape index (κ1) is 23.9. The molecule has 180 valence electrons. The molecule has 1 N–H and O–H groups in total. The normalized spacial score (nSPS) is 17.0. The van der Waals surface area contributed by atoms with Crippen LogP contribution in [0.4, 0.5) is 8.78 Å². The number of ether oxygens (including phenoxy) is 2. The van der Waals surface area contributed by atoms with Gasteiger partial charge in [0.2, 0.25) is 0 Å². The Morgan fingerprint density at radius 2 is 1.63 bits per heavy atom. The number of nitrogens with zero attached hydrogens (tertiary/aromatic N) is 1. The zero-order valence-corrected chi connectivity index (χ0v) is 19.1. The van der Waals surface area contributed by atoms with Crippen LogP contribution in [0.15, 0.2) is 72.3 Å². The Balaban J connectivity index is 1.75. The van der Waals surface area contributed by atoms with E-state index < -0.39 is 35.1 Å². The average molecular weight is 479 g/mol. The van der Waals surface area contributed by atoms with Crippen LogP contribution in [-0.4, -0.2) is 42.5 Å².